The van der Waals surface area contributed by atoms with Gasteiger partial charge in [0.05, 0.1) is 27.3 Å². The van der Waals surface area contributed by atoms with Gasteiger partial charge >= 0.3 is 0 Å². The third-order valence-corrected chi connectivity index (χ3v) is 3.60. The van der Waals surface area contributed by atoms with E-state index >= 15 is 0 Å². The fraction of sp³-hybridized carbons (Fsp3) is 0.556. The zero-order valence-corrected chi connectivity index (χ0v) is 18.6. The Kier molecular flexibility index (Phi) is 12.6. The monoisotopic (exact) mass is 478 g/mol. The molecule has 26 heavy (non-hydrogen) atoms. The first-order valence-electron chi connectivity index (χ1n) is 8.45. The van der Waals surface area contributed by atoms with Gasteiger partial charge in [-0.2, -0.15) is 0 Å². The molecule has 148 valence electrons. The second-order valence-electron chi connectivity index (χ2n) is 5.78. The number of carbonyl (C=O) groups is 1. The summed E-state index contributed by atoms with van der Waals surface area (Å²) in [5, 5.41) is 6.32. The van der Waals surface area contributed by atoms with E-state index in [0.29, 0.717) is 24.0 Å². The SMILES string of the molecule is CCCCNC(=NCc1ccc(OC)c(OC)c1)NCC(=O)N(C)C.I. The Bertz CT molecular complexity index is 580. The minimum atomic E-state index is -0.00360. The molecule has 1 rings (SSSR count). The molecule has 1 aromatic carbocycles. The van der Waals surface area contributed by atoms with Crippen molar-refractivity contribution in [3.63, 3.8) is 0 Å². The molecule has 0 saturated carbocycles. The molecule has 0 saturated heterocycles. The Morgan fingerprint density at radius 2 is 1.85 bits per heavy atom. The van der Waals surface area contributed by atoms with E-state index in [1.54, 1.807) is 33.2 Å². The van der Waals surface area contributed by atoms with Gasteiger partial charge in [0.15, 0.2) is 17.5 Å². The Morgan fingerprint density at radius 1 is 1.15 bits per heavy atom. The Morgan fingerprint density at radius 3 is 2.42 bits per heavy atom. The summed E-state index contributed by atoms with van der Waals surface area (Å²) >= 11 is 0. The average Bonchev–Trinajstić information content (AvgIpc) is 2.62. The topological polar surface area (TPSA) is 75.2 Å². The summed E-state index contributed by atoms with van der Waals surface area (Å²) in [6.07, 6.45) is 2.13. The van der Waals surface area contributed by atoms with Crippen LogP contribution in [0, 0.1) is 0 Å². The molecular formula is C18H31IN4O3. The Hall–Kier alpha value is -1.71. The minimum absolute atomic E-state index is 0. The van der Waals surface area contributed by atoms with Crippen molar-refractivity contribution in [1.29, 1.82) is 0 Å². The quantitative estimate of drug-likeness (QED) is 0.247. The second kappa shape index (κ2) is 13.5. The van der Waals surface area contributed by atoms with Crippen molar-refractivity contribution in [2.24, 2.45) is 4.99 Å². The van der Waals surface area contributed by atoms with Crippen molar-refractivity contribution in [2.45, 2.75) is 26.3 Å². The summed E-state index contributed by atoms with van der Waals surface area (Å²) in [7, 11) is 6.68. The number of rotatable bonds is 9. The van der Waals surface area contributed by atoms with Gasteiger partial charge in [0.2, 0.25) is 5.91 Å². The fourth-order valence-corrected chi connectivity index (χ4v) is 2.02. The highest BCUT2D eigenvalue weighted by atomic mass is 127. The van der Waals surface area contributed by atoms with Crippen molar-refractivity contribution in [3.05, 3.63) is 23.8 Å². The highest BCUT2D eigenvalue weighted by molar-refractivity contribution is 14.0. The van der Waals surface area contributed by atoms with Crippen LogP contribution in [0.2, 0.25) is 0 Å². The molecule has 0 fully saturated rings. The first-order chi connectivity index (χ1) is 12.0. The molecule has 0 aliphatic carbocycles. The van der Waals surface area contributed by atoms with Crippen LogP contribution in [0.25, 0.3) is 0 Å². The van der Waals surface area contributed by atoms with E-state index in [9.17, 15) is 4.79 Å². The molecule has 8 heteroatoms. The largest absolute Gasteiger partial charge is 0.493 e. The van der Waals surface area contributed by atoms with E-state index in [2.05, 4.69) is 22.5 Å². The number of ether oxygens (including phenoxy) is 2. The van der Waals surface area contributed by atoms with Crippen molar-refractivity contribution in [3.8, 4) is 11.5 Å². The first-order valence-corrected chi connectivity index (χ1v) is 8.45. The van der Waals surface area contributed by atoms with Crippen molar-refractivity contribution in [2.75, 3.05) is 41.4 Å². The van der Waals surface area contributed by atoms with Crippen LogP contribution < -0.4 is 20.1 Å². The van der Waals surface area contributed by atoms with Crippen LogP contribution >= 0.6 is 24.0 Å². The van der Waals surface area contributed by atoms with Gasteiger partial charge in [0.25, 0.3) is 0 Å². The summed E-state index contributed by atoms with van der Waals surface area (Å²) in [6.45, 7) is 3.62. The van der Waals surface area contributed by atoms with Gasteiger partial charge in [-0.1, -0.05) is 19.4 Å². The van der Waals surface area contributed by atoms with Gasteiger partial charge in [0.1, 0.15) is 0 Å². The van der Waals surface area contributed by atoms with E-state index in [1.165, 1.54) is 0 Å². The number of hydrogen-bond donors (Lipinski definition) is 2. The summed E-state index contributed by atoms with van der Waals surface area (Å²) < 4.78 is 10.6. The lowest BCUT2D eigenvalue weighted by atomic mass is 10.2. The summed E-state index contributed by atoms with van der Waals surface area (Å²) in [5.74, 6) is 1.98. The normalized spacial score (nSPS) is 10.6. The lowest BCUT2D eigenvalue weighted by molar-refractivity contribution is -0.127. The maximum absolute atomic E-state index is 11.8. The number of nitrogens with zero attached hydrogens (tertiary/aromatic N) is 2. The zero-order valence-electron chi connectivity index (χ0n) is 16.3. The molecule has 0 radical (unpaired) electrons. The lowest BCUT2D eigenvalue weighted by Crippen LogP contribution is -2.43. The van der Waals surface area contributed by atoms with Gasteiger partial charge in [-0.3, -0.25) is 4.79 Å². The molecular weight excluding hydrogens is 447 g/mol. The van der Waals surface area contributed by atoms with Gasteiger partial charge < -0.3 is 25.0 Å². The van der Waals surface area contributed by atoms with Crippen LogP contribution in [0.3, 0.4) is 0 Å². The molecule has 7 nitrogen and oxygen atoms in total. The summed E-state index contributed by atoms with van der Waals surface area (Å²) in [4.78, 5) is 17.9. The van der Waals surface area contributed by atoms with E-state index in [1.807, 2.05) is 18.2 Å². The molecule has 0 atom stereocenters. The predicted molar refractivity (Wildman–Crippen MR) is 116 cm³/mol. The number of amides is 1. The number of likely N-dealkylation sites (N-methyl/N-ethyl adjacent to an activating group) is 1. The number of carbonyl (C=O) groups excluding carboxylic acids is 1. The first kappa shape index (κ1) is 24.3. The number of unbranched alkanes of at least 4 members (excludes halogenated alkanes) is 1. The molecule has 0 aliphatic heterocycles. The van der Waals surface area contributed by atoms with Crippen LogP contribution in [0.1, 0.15) is 25.3 Å². The summed E-state index contributed by atoms with van der Waals surface area (Å²) in [6, 6.07) is 5.70. The molecule has 0 heterocycles. The summed E-state index contributed by atoms with van der Waals surface area (Å²) in [5.41, 5.74) is 0.994. The number of hydrogen-bond acceptors (Lipinski definition) is 4. The molecule has 2 N–H and O–H groups in total. The number of halogens is 1. The van der Waals surface area contributed by atoms with Crippen LogP contribution in [0.4, 0.5) is 0 Å². The fourth-order valence-electron chi connectivity index (χ4n) is 2.02. The van der Waals surface area contributed by atoms with Gasteiger partial charge in [0, 0.05) is 20.6 Å². The van der Waals surface area contributed by atoms with E-state index in [4.69, 9.17) is 9.47 Å². The lowest BCUT2D eigenvalue weighted by Gasteiger charge is -2.15. The number of aliphatic imine (C=N–C) groups is 1. The van der Waals surface area contributed by atoms with Crippen molar-refractivity contribution >= 4 is 35.8 Å². The standard InChI is InChI=1S/C18H30N4O3.HI/c1-6-7-10-19-18(21-13-17(23)22(2)3)20-12-14-8-9-15(24-4)16(11-14)25-5;/h8-9,11H,6-7,10,12-13H2,1-5H3,(H2,19,20,21);1H. The predicted octanol–water partition coefficient (Wildman–Crippen LogP) is 2.25. The smallest absolute Gasteiger partial charge is 0.241 e. The van der Waals surface area contributed by atoms with Gasteiger partial charge in [-0.25, -0.2) is 4.99 Å². The van der Waals surface area contributed by atoms with Crippen LogP contribution in [0.5, 0.6) is 11.5 Å². The highest BCUT2D eigenvalue weighted by Gasteiger charge is 2.07. The van der Waals surface area contributed by atoms with Gasteiger partial charge in [-0.05, 0) is 24.1 Å². The van der Waals surface area contributed by atoms with E-state index < -0.39 is 0 Å². The van der Waals surface area contributed by atoms with Crippen LogP contribution in [-0.4, -0.2) is 58.2 Å². The molecule has 0 aromatic heterocycles. The third-order valence-electron chi connectivity index (χ3n) is 3.60. The van der Waals surface area contributed by atoms with Gasteiger partial charge in [-0.15, -0.1) is 24.0 Å². The third kappa shape index (κ3) is 8.59. The van der Waals surface area contributed by atoms with Crippen LogP contribution in [0.15, 0.2) is 23.2 Å². The van der Waals surface area contributed by atoms with Crippen LogP contribution in [-0.2, 0) is 11.3 Å². The average molecular weight is 478 g/mol. The molecule has 0 unspecified atom stereocenters. The minimum Gasteiger partial charge on any atom is -0.493 e. The number of nitrogens with one attached hydrogen (secondary N) is 2. The molecule has 1 amide bonds. The number of methoxy groups -OCH3 is 2. The zero-order chi connectivity index (χ0) is 18.7. The Labute approximate surface area is 173 Å². The van der Waals surface area contributed by atoms with E-state index in [0.717, 1.165) is 24.9 Å². The molecule has 0 aliphatic rings. The maximum Gasteiger partial charge on any atom is 0.241 e. The molecule has 0 bridgehead atoms. The Balaban J connectivity index is 0.00000625. The van der Waals surface area contributed by atoms with Crippen molar-refractivity contribution < 1.29 is 14.3 Å². The molecule has 1 aromatic rings. The number of guanidine groups is 1. The highest BCUT2D eigenvalue weighted by Crippen LogP contribution is 2.27. The number of benzene rings is 1. The second-order valence-corrected chi connectivity index (χ2v) is 5.78. The van der Waals surface area contributed by atoms with E-state index in [-0.39, 0.29) is 36.4 Å². The maximum atomic E-state index is 11.8. The molecule has 0 spiro atoms. The van der Waals surface area contributed by atoms with Crippen molar-refractivity contribution in [1.82, 2.24) is 15.5 Å².